The molecule has 0 aliphatic carbocycles. The summed E-state index contributed by atoms with van der Waals surface area (Å²) in [5.74, 6) is -0.298. The fraction of sp³-hybridized carbons (Fsp3) is 0.375. The van der Waals surface area contributed by atoms with Crippen LogP contribution in [0.2, 0.25) is 0 Å². The Morgan fingerprint density at radius 1 is 1.70 bits per heavy atom. The summed E-state index contributed by atoms with van der Waals surface area (Å²) in [6.07, 6.45) is 3.93. The molecular weight excluding hydrogens is 128 g/mol. The molecule has 0 N–H and O–H groups in total. The van der Waals surface area contributed by atoms with Crippen molar-refractivity contribution in [3.05, 3.63) is 24.5 Å². The number of ether oxygens (including phenoxy) is 1. The highest BCUT2D eigenvalue weighted by atomic mass is 16.5. The Labute approximate surface area is 61.2 Å². The summed E-state index contributed by atoms with van der Waals surface area (Å²) in [4.78, 5) is 10.3. The van der Waals surface area contributed by atoms with E-state index in [9.17, 15) is 4.79 Å². The number of hydrogen-bond donors (Lipinski definition) is 0. The minimum Gasteiger partial charge on any atom is -0.434 e. The molecule has 0 bridgehead atoms. The SMILES string of the molecule is C=CC(=COC(C)=O)CC. The third-order valence-electron chi connectivity index (χ3n) is 1.05. The fourth-order valence-corrected chi connectivity index (χ4v) is 0.434. The summed E-state index contributed by atoms with van der Waals surface area (Å²) in [6.45, 7) is 6.89. The molecule has 0 fully saturated rings. The van der Waals surface area contributed by atoms with Gasteiger partial charge in [0.05, 0.1) is 6.26 Å². The molecule has 2 heteroatoms. The lowest BCUT2D eigenvalue weighted by Gasteiger charge is -1.95. The normalized spacial score (nSPS) is 10.8. The molecule has 0 rings (SSSR count). The molecule has 0 radical (unpaired) electrons. The molecule has 0 spiro atoms. The van der Waals surface area contributed by atoms with Crippen LogP contribution in [0.3, 0.4) is 0 Å². The van der Waals surface area contributed by atoms with Crippen molar-refractivity contribution in [1.29, 1.82) is 0 Å². The van der Waals surface area contributed by atoms with Gasteiger partial charge in [-0.1, -0.05) is 19.6 Å². The number of rotatable bonds is 3. The second kappa shape index (κ2) is 4.79. The Bertz CT molecular complexity index is 157. The minimum atomic E-state index is -0.298. The molecule has 0 atom stereocenters. The molecule has 0 amide bonds. The van der Waals surface area contributed by atoms with E-state index in [-0.39, 0.29) is 5.97 Å². The number of esters is 1. The van der Waals surface area contributed by atoms with Gasteiger partial charge in [-0.05, 0) is 12.0 Å². The van der Waals surface area contributed by atoms with E-state index in [0.29, 0.717) is 0 Å². The van der Waals surface area contributed by atoms with Crippen LogP contribution in [0.4, 0.5) is 0 Å². The monoisotopic (exact) mass is 140 g/mol. The Kier molecular flexibility index (Phi) is 4.29. The van der Waals surface area contributed by atoms with Gasteiger partial charge in [-0.15, -0.1) is 0 Å². The first-order chi connectivity index (χ1) is 4.70. The van der Waals surface area contributed by atoms with Crippen molar-refractivity contribution >= 4 is 5.97 Å². The summed E-state index contributed by atoms with van der Waals surface area (Å²) in [7, 11) is 0. The largest absolute Gasteiger partial charge is 0.434 e. The smallest absolute Gasteiger partial charge is 0.307 e. The highest BCUT2D eigenvalue weighted by Crippen LogP contribution is 2.00. The van der Waals surface area contributed by atoms with Crippen molar-refractivity contribution in [3.63, 3.8) is 0 Å². The van der Waals surface area contributed by atoms with Gasteiger partial charge in [0.25, 0.3) is 0 Å². The highest BCUT2D eigenvalue weighted by molar-refractivity contribution is 5.66. The van der Waals surface area contributed by atoms with E-state index >= 15 is 0 Å². The molecular formula is C8H12O2. The zero-order chi connectivity index (χ0) is 7.98. The lowest BCUT2D eigenvalue weighted by molar-refractivity contribution is -0.135. The predicted molar refractivity (Wildman–Crippen MR) is 40.3 cm³/mol. The maximum Gasteiger partial charge on any atom is 0.307 e. The van der Waals surface area contributed by atoms with E-state index < -0.39 is 0 Å². The molecule has 0 saturated carbocycles. The lowest BCUT2D eigenvalue weighted by atomic mass is 10.2. The van der Waals surface area contributed by atoms with Gasteiger partial charge in [0.2, 0.25) is 0 Å². The fourth-order valence-electron chi connectivity index (χ4n) is 0.434. The van der Waals surface area contributed by atoms with E-state index in [1.54, 1.807) is 6.08 Å². The molecule has 0 heterocycles. The molecule has 0 saturated heterocycles. The van der Waals surface area contributed by atoms with E-state index in [0.717, 1.165) is 12.0 Å². The van der Waals surface area contributed by atoms with Crippen LogP contribution in [-0.4, -0.2) is 5.97 Å². The summed E-state index contributed by atoms with van der Waals surface area (Å²) < 4.78 is 4.61. The van der Waals surface area contributed by atoms with Crippen LogP contribution < -0.4 is 0 Å². The number of carbonyl (C=O) groups is 1. The molecule has 0 aliphatic rings. The summed E-state index contributed by atoms with van der Waals surface area (Å²) in [5.41, 5.74) is 0.926. The van der Waals surface area contributed by atoms with Crippen LogP contribution in [0.5, 0.6) is 0 Å². The quantitative estimate of drug-likeness (QED) is 0.340. The van der Waals surface area contributed by atoms with Crippen molar-refractivity contribution in [3.8, 4) is 0 Å². The molecule has 56 valence electrons. The second-order valence-electron chi connectivity index (χ2n) is 1.86. The van der Waals surface area contributed by atoms with Crippen molar-refractivity contribution in [2.45, 2.75) is 20.3 Å². The molecule has 10 heavy (non-hydrogen) atoms. The average molecular weight is 140 g/mol. The van der Waals surface area contributed by atoms with Crippen LogP contribution >= 0.6 is 0 Å². The zero-order valence-electron chi connectivity index (χ0n) is 6.39. The van der Waals surface area contributed by atoms with Gasteiger partial charge in [0, 0.05) is 6.92 Å². The highest BCUT2D eigenvalue weighted by Gasteiger charge is 1.89. The van der Waals surface area contributed by atoms with Gasteiger partial charge in [-0.2, -0.15) is 0 Å². The van der Waals surface area contributed by atoms with E-state index in [2.05, 4.69) is 11.3 Å². The second-order valence-corrected chi connectivity index (χ2v) is 1.86. The summed E-state index contributed by atoms with van der Waals surface area (Å²) >= 11 is 0. The molecule has 0 aromatic heterocycles. The summed E-state index contributed by atoms with van der Waals surface area (Å²) in [6, 6.07) is 0. The average Bonchev–Trinajstić information content (AvgIpc) is 1.90. The Morgan fingerprint density at radius 2 is 2.30 bits per heavy atom. The van der Waals surface area contributed by atoms with Crippen LogP contribution in [0.25, 0.3) is 0 Å². The standard InChI is InChI=1S/C8H12O2/c1-4-8(5-2)6-10-7(3)9/h4,6H,1,5H2,2-3H3. The van der Waals surface area contributed by atoms with E-state index in [1.165, 1.54) is 13.2 Å². The van der Waals surface area contributed by atoms with Gasteiger partial charge in [0.15, 0.2) is 0 Å². The number of carbonyl (C=O) groups excluding carboxylic acids is 1. The molecule has 0 aromatic carbocycles. The Morgan fingerprint density at radius 3 is 2.60 bits per heavy atom. The number of allylic oxidation sites excluding steroid dienone is 2. The van der Waals surface area contributed by atoms with Gasteiger partial charge in [0.1, 0.15) is 0 Å². The first-order valence-electron chi connectivity index (χ1n) is 3.19. The molecule has 2 nitrogen and oxygen atoms in total. The van der Waals surface area contributed by atoms with Crippen LogP contribution in [-0.2, 0) is 9.53 Å². The van der Waals surface area contributed by atoms with Gasteiger partial charge >= 0.3 is 5.97 Å². The van der Waals surface area contributed by atoms with Crippen molar-refractivity contribution in [2.75, 3.05) is 0 Å². The van der Waals surface area contributed by atoms with E-state index in [4.69, 9.17) is 0 Å². The molecule has 0 unspecified atom stereocenters. The van der Waals surface area contributed by atoms with Gasteiger partial charge in [-0.25, -0.2) is 0 Å². The van der Waals surface area contributed by atoms with Crippen LogP contribution in [0, 0.1) is 0 Å². The third kappa shape index (κ3) is 3.89. The van der Waals surface area contributed by atoms with Crippen molar-refractivity contribution in [2.24, 2.45) is 0 Å². The lowest BCUT2D eigenvalue weighted by Crippen LogP contribution is -1.91. The molecule has 0 aromatic rings. The molecule has 0 aliphatic heterocycles. The maximum atomic E-state index is 10.3. The topological polar surface area (TPSA) is 26.3 Å². The third-order valence-corrected chi connectivity index (χ3v) is 1.05. The Hall–Kier alpha value is -1.05. The maximum absolute atomic E-state index is 10.3. The van der Waals surface area contributed by atoms with Crippen LogP contribution in [0.15, 0.2) is 24.5 Å². The van der Waals surface area contributed by atoms with Gasteiger partial charge < -0.3 is 4.74 Å². The van der Waals surface area contributed by atoms with Crippen molar-refractivity contribution in [1.82, 2.24) is 0 Å². The van der Waals surface area contributed by atoms with Crippen molar-refractivity contribution < 1.29 is 9.53 Å². The first-order valence-corrected chi connectivity index (χ1v) is 3.19. The van der Waals surface area contributed by atoms with E-state index in [1.807, 2.05) is 6.92 Å². The Balaban J connectivity index is 3.86. The summed E-state index contributed by atoms with van der Waals surface area (Å²) in [5, 5.41) is 0. The minimum absolute atomic E-state index is 0.298. The number of hydrogen-bond acceptors (Lipinski definition) is 2. The zero-order valence-corrected chi connectivity index (χ0v) is 6.39. The van der Waals surface area contributed by atoms with Crippen LogP contribution in [0.1, 0.15) is 20.3 Å². The first kappa shape index (κ1) is 8.95. The predicted octanol–water partition coefficient (Wildman–Crippen LogP) is 2.03. The van der Waals surface area contributed by atoms with Gasteiger partial charge in [-0.3, -0.25) is 4.79 Å².